The van der Waals surface area contributed by atoms with Gasteiger partial charge in [0.25, 0.3) is 0 Å². The van der Waals surface area contributed by atoms with Crippen LogP contribution in [0.5, 0.6) is 17.5 Å². The number of carbonyl (C=O) groups is 1. The van der Waals surface area contributed by atoms with Crippen molar-refractivity contribution in [2.24, 2.45) is 0 Å². The van der Waals surface area contributed by atoms with Crippen LogP contribution in [-0.4, -0.2) is 38.5 Å². The Hall–Kier alpha value is -2.65. The molecule has 1 aromatic heterocycles. The van der Waals surface area contributed by atoms with E-state index in [0.29, 0.717) is 0 Å². The van der Waals surface area contributed by atoms with Gasteiger partial charge in [0.2, 0.25) is 5.88 Å². The largest absolute Gasteiger partial charge is 0.494 e. The van der Waals surface area contributed by atoms with E-state index in [4.69, 9.17) is 19.9 Å². The highest BCUT2D eigenvalue weighted by atomic mass is 16.6. The predicted octanol–water partition coefficient (Wildman–Crippen LogP) is -0.283. The fourth-order valence-corrected chi connectivity index (χ4v) is 1.51. The minimum Gasteiger partial charge on any atom is -0.494 e. The van der Waals surface area contributed by atoms with E-state index in [1.165, 1.54) is 24.3 Å². The van der Waals surface area contributed by atoms with E-state index < -0.39 is 19.1 Å². The number of ether oxygens (including phenoxy) is 1. The molecule has 0 saturated carbocycles. The van der Waals surface area contributed by atoms with Gasteiger partial charge in [-0.25, -0.2) is 4.79 Å². The van der Waals surface area contributed by atoms with E-state index >= 15 is 0 Å². The van der Waals surface area contributed by atoms with Gasteiger partial charge in [-0.2, -0.15) is 0 Å². The number of aromatic amines is 1. The molecule has 0 atom stereocenters. The summed E-state index contributed by atoms with van der Waals surface area (Å²) >= 11 is 0. The number of carbonyl (C=O) groups excluding carboxylic acids is 1. The van der Waals surface area contributed by atoms with Crippen molar-refractivity contribution in [3.63, 3.8) is 0 Å². The van der Waals surface area contributed by atoms with Crippen molar-refractivity contribution in [3.05, 3.63) is 30.3 Å². The molecule has 1 heterocycles. The summed E-state index contributed by atoms with van der Waals surface area (Å²) in [5.41, 5.74) is 0.477. The summed E-state index contributed by atoms with van der Waals surface area (Å²) in [5, 5.41) is 38.7. The smallest absolute Gasteiger partial charge is 0.488 e. The van der Waals surface area contributed by atoms with E-state index in [2.05, 4.69) is 10.3 Å². The van der Waals surface area contributed by atoms with Crippen LogP contribution in [0.2, 0.25) is 0 Å². The highest BCUT2D eigenvalue weighted by molar-refractivity contribution is 6.58. The zero-order valence-corrected chi connectivity index (χ0v) is 10.1. The maximum absolute atomic E-state index is 11.6. The molecule has 1 amide bonds. The Balaban J connectivity index is 2.04. The van der Waals surface area contributed by atoms with E-state index in [9.17, 15) is 9.90 Å². The van der Waals surface area contributed by atoms with Crippen LogP contribution in [0.15, 0.2) is 30.3 Å². The molecule has 2 aromatic rings. The molecular formula is C11H11BN2O6. The molecule has 0 fully saturated rings. The molecule has 0 bridgehead atoms. The Morgan fingerprint density at radius 2 is 2.00 bits per heavy atom. The van der Waals surface area contributed by atoms with Gasteiger partial charge in [-0.05, 0) is 17.6 Å². The Kier molecular flexibility index (Phi) is 3.82. The lowest BCUT2D eigenvalue weighted by molar-refractivity contribution is 0.213. The second-order valence-electron chi connectivity index (χ2n) is 3.88. The number of anilines is 1. The Morgan fingerprint density at radius 1 is 1.25 bits per heavy atom. The quantitative estimate of drug-likeness (QED) is 0.427. The number of hydrogen-bond acceptors (Lipinski definition) is 6. The van der Waals surface area contributed by atoms with Gasteiger partial charge in [0.05, 0.1) is 0 Å². The van der Waals surface area contributed by atoms with Gasteiger partial charge in [0.1, 0.15) is 0 Å². The summed E-state index contributed by atoms with van der Waals surface area (Å²) in [5.74, 6) is -1.08. The monoisotopic (exact) mass is 278 g/mol. The summed E-state index contributed by atoms with van der Waals surface area (Å²) in [6, 6.07) is 6.88. The molecule has 1 aromatic carbocycles. The lowest BCUT2D eigenvalue weighted by atomic mass is 9.80. The van der Waals surface area contributed by atoms with Gasteiger partial charge in [-0.1, -0.05) is 12.1 Å². The van der Waals surface area contributed by atoms with Crippen LogP contribution in [0.3, 0.4) is 0 Å². The molecule has 9 heteroatoms. The van der Waals surface area contributed by atoms with Gasteiger partial charge in [-0.15, -0.1) is 0 Å². The maximum Gasteiger partial charge on any atom is 0.488 e. The van der Waals surface area contributed by atoms with Crippen molar-refractivity contribution >= 4 is 24.4 Å². The normalized spacial score (nSPS) is 10.1. The Labute approximate surface area is 113 Å². The number of rotatable bonds is 3. The lowest BCUT2D eigenvalue weighted by Gasteiger charge is -2.07. The summed E-state index contributed by atoms with van der Waals surface area (Å²) in [7, 11) is -1.65. The molecular weight excluding hydrogens is 267 g/mol. The van der Waals surface area contributed by atoms with Crippen LogP contribution < -0.4 is 15.5 Å². The molecule has 0 radical (unpaired) electrons. The lowest BCUT2D eigenvalue weighted by Crippen LogP contribution is -2.30. The van der Waals surface area contributed by atoms with Crippen molar-refractivity contribution < 1.29 is 29.8 Å². The first-order chi connectivity index (χ1) is 9.45. The first kappa shape index (κ1) is 13.8. The Morgan fingerprint density at radius 3 is 2.60 bits per heavy atom. The molecule has 0 aliphatic rings. The summed E-state index contributed by atoms with van der Waals surface area (Å²) in [6.45, 7) is 0. The highest BCUT2D eigenvalue weighted by Crippen LogP contribution is 2.29. The number of nitrogens with one attached hydrogen (secondary N) is 2. The average molecular weight is 278 g/mol. The zero-order chi connectivity index (χ0) is 14.7. The van der Waals surface area contributed by atoms with Gasteiger partial charge in [0.15, 0.2) is 11.6 Å². The summed E-state index contributed by atoms with van der Waals surface area (Å²) < 4.78 is 4.75. The van der Waals surface area contributed by atoms with Crippen molar-refractivity contribution in [1.29, 1.82) is 0 Å². The van der Waals surface area contributed by atoms with Gasteiger partial charge in [-0.3, -0.25) is 10.3 Å². The standard InChI is InChI=1S/C11H11BN2O6/c15-9-5-8(10(16)14-9)20-11(17)13-7-3-1-2-6(4-7)12(18)19/h1-5,14-16,18-19H,(H,13,17). The van der Waals surface area contributed by atoms with Crippen molar-refractivity contribution in [1.82, 2.24) is 4.98 Å². The van der Waals surface area contributed by atoms with Crippen LogP contribution in [0, 0.1) is 0 Å². The average Bonchev–Trinajstić information content (AvgIpc) is 2.67. The van der Waals surface area contributed by atoms with E-state index in [0.717, 1.165) is 6.07 Å². The van der Waals surface area contributed by atoms with E-state index in [1.807, 2.05) is 0 Å². The fourth-order valence-electron chi connectivity index (χ4n) is 1.51. The van der Waals surface area contributed by atoms with Crippen LogP contribution >= 0.6 is 0 Å². The first-order valence-electron chi connectivity index (χ1n) is 5.51. The zero-order valence-electron chi connectivity index (χ0n) is 10.1. The molecule has 0 aliphatic heterocycles. The number of aromatic nitrogens is 1. The molecule has 0 spiro atoms. The van der Waals surface area contributed by atoms with Gasteiger partial charge in [0, 0.05) is 11.8 Å². The molecule has 0 unspecified atom stereocenters. The number of aromatic hydroxyl groups is 2. The first-order valence-corrected chi connectivity index (χ1v) is 5.51. The topological polar surface area (TPSA) is 135 Å². The summed E-state index contributed by atoms with van der Waals surface area (Å²) in [4.78, 5) is 13.7. The Bertz CT molecular complexity index is 627. The van der Waals surface area contributed by atoms with Gasteiger partial charge < -0.3 is 25.0 Å². The minimum absolute atomic E-state index is 0.199. The molecule has 8 nitrogen and oxygen atoms in total. The third kappa shape index (κ3) is 3.22. The van der Waals surface area contributed by atoms with Crippen LogP contribution in [0.1, 0.15) is 0 Å². The predicted molar refractivity (Wildman–Crippen MR) is 70.0 cm³/mol. The molecule has 0 saturated heterocycles. The summed E-state index contributed by atoms with van der Waals surface area (Å²) in [6.07, 6.45) is -0.913. The van der Waals surface area contributed by atoms with E-state index in [1.54, 1.807) is 0 Å². The minimum atomic E-state index is -1.65. The second kappa shape index (κ2) is 5.55. The number of benzene rings is 1. The molecule has 6 N–H and O–H groups in total. The number of amides is 1. The molecule has 0 aliphatic carbocycles. The highest BCUT2D eigenvalue weighted by Gasteiger charge is 2.14. The SMILES string of the molecule is O=C(Nc1cccc(B(O)O)c1)Oc1cc(O)[nH]c1O. The van der Waals surface area contributed by atoms with Crippen LogP contribution in [0.4, 0.5) is 10.5 Å². The molecule has 2 rings (SSSR count). The molecule has 104 valence electrons. The number of H-pyrrole nitrogens is 1. The third-order valence-corrected chi connectivity index (χ3v) is 2.38. The van der Waals surface area contributed by atoms with Crippen molar-refractivity contribution in [2.75, 3.05) is 5.32 Å². The van der Waals surface area contributed by atoms with Crippen LogP contribution in [-0.2, 0) is 0 Å². The van der Waals surface area contributed by atoms with Crippen LogP contribution in [0.25, 0.3) is 0 Å². The van der Waals surface area contributed by atoms with Crippen molar-refractivity contribution in [3.8, 4) is 17.5 Å². The second-order valence-corrected chi connectivity index (χ2v) is 3.88. The fraction of sp³-hybridized carbons (Fsp3) is 0. The van der Waals surface area contributed by atoms with E-state index in [-0.39, 0.29) is 22.8 Å². The number of hydrogen-bond donors (Lipinski definition) is 6. The van der Waals surface area contributed by atoms with Crippen molar-refractivity contribution in [2.45, 2.75) is 0 Å². The maximum atomic E-state index is 11.6. The third-order valence-electron chi connectivity index (χ3n) is 2.38. The molecule has 20 heavy (non-hydrogen) atoms. The van der Waals surface area contributed by atoms with Gasteiger partial charge >= 0.3 is 13.2 Å².